The first kappa shape index (κ1) is 28.8. The summed E-state index contributed by atoms with van der Waals surface area (Å²) in [6.45, 7) is 0.481. The minimum Gasteiger partial charge on any atom is -0.480 e. The Labute approximate surface area is 213 Å². The number of carbonyl (C=O) groups is 4. The van der Waals surface area contributed by atoms with Crippen molar-refractivity contribution in [2.45, 2.75) is 56.3 Å². The van der Waals surface area contributed by atoms with Gasteiger partial charge in [-0.15, -0.1) is 0 Å². The smallest absolute Gasteiger partial charge is 0.327 e. The van der Waals surface area contributed by atoms with Gasteiger partial charge in [-0.25, -0.2) is 14.8 Å². The number of H-pyrrole nitrogens is 2. The Bertz CT molecular complexity index is 971. The minimum absolute atomic E-state index is 0.000188. The van der Waals surface area contributed by atoms with Crippen LogP contribution in [0.3, 0.4) is 0 Å². The standard InChI is InChI=1S/C21H33N9O5S/c22-4-2-1-3-14(23)18(31)28-15(5-12-7-24-10-26-12)19(32)29-16(6-13-8-25-11-27-13)20(33)30-17(9-36)21(34)35/h7-8,10-11,14-17,36H,1-6,9,22-23H2,(H,24,26)(H,25,27)(H,28,31)(H,29,32)(H,30,33)(H,34,35). The fourth-order valence-electron chi connectivity index (χ4n) is 3.30. The van der Waals surface area contributed by atoms with E-state index in [4.69, 9.17) is 11.5 Å². The molecule has 0 bridgehead atoms. The third-order valence-corrected chi connectivity index (χ3v) is 5.69. The number of unbranched alkanes of at least 4 members (excludes halogenated alkanes) is 1. The van der Waals surface area contributed by atoms with Crippen LogP contribution in [0.15, 0.2) is 25.0 Å². The zero-order valence-corrected chi connectivity index (χ0v) is 20.5. The lowest BCUT2D eigenvalue weighted by molar-refractivity contribution is -0.141. The highest BCUT2D eigenvalue weighted by Gasteiger charge is 2.30. The molecule has 4 atom stereocenters. The second-order valence-electron chi connectivity index (χ2n) is 8.16. The van der Waals surface area contributed by atoms with Gasteiger partial charge in [0.15, 0.2) is 0 Å². The number of aromatic amines is 2. The summed E-state index contributed by atoms with van der Waals surface area (Å²) in [5, 5.41) is 16.9. The lowest BCUT2D eigenvalue weighted by Gasteiger charge is -2.24. The van der Waals surface area contributed by atoms with Crippen LogP contribution in [0, 0.1) is 0 Å². The van der Waals surface area contributed by atoms with Gasteiger partial charge in [-0.1, -0.05) is 6.42 Å². The summed E-state index contributed by atoms with van der Waals surface area (Å²) < 4.78 is 0. The lowest BCUT2D eigenvalue weighted by Crippen LogP contribution is -2.58. The van der Waals surface area contributed by atoms with Crippen LogP contribution in [-0.2, 0) is 32.0 Å². The summed E-state index contributed by atoms with van der Waals surface area (Å²) in [6, 6.07) is -4.35. The van der Waals surface area contributed by atoms with Gasteiger partial charge in [-0.05, 0) is 19.4 Å². The Hall–Kier alpha value is -3.43. The van der Waals surface area contributed by atoms with Crippen molar-refractivity contribution in [2.75, 3.05) is 12.3 Å². The number of nitrogens with one attached hydrogen (secondary N) is 5. The molecule has 14 nitrogen and oxygen atoms in total. The van der Waals surface area contributed by atoms with Crippen molar-refractivity contribution in [1.82, 2.24) is 35.9 Å². The number of aliphatic carboxylic acids is 1. The number of thiol groups is 1. The second kappa shape index (κ2) is 14.9. The van der Waals surface area contributed by atoms with Crippen LogP contribution in [-0.4, -0.2) is 85.2 Å². The van der Waals surface area contributed by atoms with Crippen LogP contribution < -0.4 is 27.4 Å². The average molecular weight is 524 g/mol. The van der Waals surface area contributed by atoms with E-state index in [0.717, 1.165) is 0 Å². The third kappa shape index (κ3) is 9.31. The Morgan fingerprint density at radius 1 is 0.889 bits per heavy atom. The van der Waals surface area contributed by atoms with Gasteiger partial charge < -0.3 is 42.5 Å². The topological polar surface area (TPSA) is 234 Å². The van der Waals surface area contributed by atoms with Crippen molar-refractivity contribution >= 4 is 36.3 Å². The quantitative estimate of drug-likeness (QED) is 0.0859. The van der Waals surface area contributed by atoms with Gasteiger partial charge in [-0.2, -0.15) is 12.6 Å². The zero-order valence-electron chi connectivity index (χ0n) is 19.6. The number of carbonyl (C=O) groups excluding carboxylic acids is 3. The first-order valence-electron chi connectivity index (χ1n) is 11.4. The second-order valence-corrected chi connectivity index (χ2v) is 8.52. The maximum Gasteiger partial charge on any atom is 0.327 e. The van der Waals surface area contributed by atoms with E-state index in [0.29, 0.717) is 37.2 Å². The lowest BCUT2D eigenvalue weighted by atomic mass is 10.1. The molecule has 0 saturated heterocycles. The van der Waals surface area contributed by atoms with E-state index in [-0.39, 0.29) is 18.6 Å². The van der Waals surface area contributed by atoms with E-state index in [1.807, 2.05) is 0 Å². The summed E-state index contributed by atoms with van der Waals surface area (Å²) in [6.07, 6.45) is 7.65. The molecular weight excluding hydrogens is 490 g/mol. The first-order valence-corrected chi connectivity index (χ1v) is 12.0. The number of aromatic nitrogens is 4. The fourth-order valence-corrected chi connectivity index (χ4v) is 3.55. The van der Waals surface area contributed by atoms with Gasteiger partial charge in [0.05, 0.1) is 18.7 Å². The molecule has 0 saturated carbocycles. The predicted molar refractivity (Wildman–Crippen MR) is 133 cm³/mol. The molecular formula is C21H33N9O5S. The molecule has 2 heterocycles. The number of nitrogens with two attached hydrogens (primary N) is 2. The molecule has 3 amide bonds. The molecule has 0 fully saturated rings. The summed E-state index contributed by atoms with van der Waals surface area (Å²) in [4.78, 5) is 63.7. The minimum atomic E-state index is -1.27. The van der Waals surface area contributed by atoms with Crippen LogP contribution in [0.5, 0.6) is 0 Å². The van der Waals surface area contributed by atoms with Gasteiger partial charge in [0, 0.05) is 42.4 Å². The normalized spacial score (nSPS) is 14.3. The van der Waals surface area contributed by atoms with E-state index in [9.17, 15) is 24.3 Å². The number of nitrogens with zero attached hydrogens (tertiary/aromatic N) is 2. The number of hydrogen-bond donors (Lipinski definition) is 9. The highest BCUT2D eigenvalue weighted by Crippen LogP contribution is 2.05. The molecule has 0 aliphatic rings. The van der Waals surface area contributed by atoms with Gasteiger partial charge >= 0.3 is 5.97 Å². The van der Waals surface area contributed by atoms with E-state index in [2.05, 4.69) is 48.5 Å². The Kier molecular flexibility index (Phi) is 11.9. The van der Waals surface area contributed by atoms with Crippen LogP contribution in [0.1, 0.15) is 30.7 Å². The van der Waals surface area contributed by atoms with Crippen LogP contribution in [0.2, 0.25) is 0 Å². The van der Waals surface area contributed by atoms with Gasteiger partial charge in [0.2, 0.25) is 17.7 Å². The number of amides is 3. The Morgan fingerprint density at radius 3 is 1.81 bits per heavy atom. The number of carboxylic acid groups (broad SMARTS) is 1. The molecule has 0 aromatic carbocycles. The highest BCUT2D eigenvalue weighted by atomic mass is 32.1. The van der Waals surface area contributed by atoms with E-state index in [1.54, 1.807) is 0 Å². The molecule has 0 aliphatic carbocycles. The predicted octanol–water partition coefficient (Wildman–Crippen LogP) is -2.16. The van der Waals surface area contributed by atoms with E-state index >= 15 is 0 Å². The van der Waals surface area contributed by atoms with Gasteiger partial charge in [-0.3, -0.25) is 14.4 Å². The zero-order chi connectivity index (χ0) is 26.5. The SMILES string of the molecule is NCCCCC(N)C(=O)NC(Cc1cnc[nH]1)C(=O)NC(Cc1cnc[nH]1)C(=O)NC(CS)C(=O)O. The molecule has 198 valence electrons. The van der Waals surface area contributed by atoms with Crippen molar-refractivity contribution in [1.29, 1.82) is 0 Å². The van der Waals surface area contributed by atoms with Gasteiger partial charge in [0.25, 0.3) is 0 Å². The van der Waals surface area contributed by atoms with Gasteiger partial charge in [0.1, 0.15) is 18.1 Å². The molecule has 36 heavy (non-hydrogen) atoms. The molecule has 0 aliphatic heterocycles. The maximum absolute atomic E-state index is 13.3. The molecule has 2 rings (SSSR count). The monoisotopic (exact) mass is 523 g/mol. The highest BCUT2D eigenvalue weighted by molar-refractivity contribution is 7.80. The van der Waals surface area contributed by atoms with Crippen molar-refractivity contribution in [3.05, 3.63) is 36.4 Å². The Morgan fingerprint density at radius 2 is 1.39 bits per heavy atom. The fraction of sp³-hybridized carbons (Fsp3) is 0.524. The van der Waals surface area contributed by atoms with Crippen LogP contribution in [0.25, 0.3) is 0 Å². The van der Waals surface area contributed by atoms with Crippen molar-refractivity contribution in [3.63, 3.8) is 0 Å². The summed E-state index contributed by atoms with van der Waals surface area (Å²) in [5.74, 6) is -3.33. The van der Waals surface area contributed by atoms with Crippen LogP contribution >= 0.6 is 12.6 Å². The number of hydrogen-bond acceptors (Lipinski definition) is 9. The van der Waals surface area contributed by atoms with Crippen LogP contribution in [0.4, 0.5) is 0 Å². The summed E-state index contributed by atoms with van der Waals surface area (Å²) in [7, 11) is 0. The Balaban J connectivity index is 2.18. The number of rotatable bonds is 16. The summed E-state index contributed by atoms with van der Waals surface area (Å²) >= 11 is 3.95. The molecule has 10 N–H and O–H groups in total. The summed E-state index contributed by atoms with van der Waals surface area (Å²) in [5.41, 5.74) is 12.6. The molecule has 15 heteroatoms. The van der Waals surface area contributed by atoms with E-state index in [1.165, 1.54) is 25.0 Å². The van der Waals surface area contributed by atoms with Crippen molar-refractivity contribution < 1.29 is 24.3 Å². The van der Waals surface area contributed by atoms with Crippen molar-refractivity contribution in [3.8, 4) is 0 Å². The number of imidazole rings is 2. The average Bonchev–Trinajstić information content (AvgIpc) is 3.55. The maximum atomic E-state index is 13.3. The molecule has 0 spiro atoms. The van der Waals surface area contributed by atoms with Crippen molar-refractivity contribution in [2.24, 2.45) is 11.5 Å². The molecule has 2 aromatic rings. The number of carboxylic acids is 1. The van der Waals surface area contributed by atoms with E-state index < -0.39 is 47.9 Å². The molecule has 4 unspecified atom stereocenters. The largest absolute Gasteiger partial charge is 0.480 e. The molecule has 2 aromatic heterocycles. The molecule has 0 radical (unpaired) electrons. The first-order chi connectivity index (χ1) is 17.2. The third-order valence-electron chi connectivity index (χ3n) is 5.33.